The molecular weight excluding hydrogens is 369 g/mol. The molecule has 10 heteroatoms. The molecule has 1 unspecified atom stereocenters. The summed E-state index contributed by atoms with van der Waals surface area (Å²) in [4.78, 5) is 34.5. The monoisotopic (exact) mass is 390 g/mol. The summed E-state index contributed by atoms with van der Waals surface area (Å²) in [5.41, 5.74) is 6.53. The molecule has 2 rings (SSSR count). The number of carboxylic acids is 1. The van der Waals surface area contributed by atoms with Crippen LogP contribution >= 0.6 is 0 Å². The Morgan fingerprint density at radius 2 is 1.85 bits per heavy atom. The second-order valence-corrected chi connectivity index (χ2v) is 5.87. The number of aliphatic carboxylic acids is 1. The number of carbonyl (C=O) groups excluding carboxylic acids is 2. The maximum Gasteiger partial charge on any atom is 0.490 e. The average molecular weight is 390 g/mol. The van der Waals surface area contributed by atoms with Gasteiger partial charge in [-0.05, 0) is 25.3 Å². The van der Waals surface area contributed by atoms with Crippen molar-refractivity contribution in [3.63, 3.8) is 0 Å². The minimum absolute atomic E-state index is 0.191. The molecule has 1 amide bonds. The standard InChI is InChI=1S/C15H20N2O3.C2HF3O2/c1-11(16)14(18)17-9-5-8-13(17)15(19)20-10-12-6-3-2-4-7-12;3-2(4,5)1(6)7/h2-4,6-7,11,13H,5,8-10,16H2,1H3;(H,6,7)/t11?,13-;/m0./s1. The van der Waals surface area contributed by atoms with Crippen molar-refractivity contribution in [1.29, 1.82) is 0 Å². The van der Waals surface area contributed by atoms with Crippen LogP contribution in [0.2, 0.25) is 0 Å². The van der Waals surface area contributed by atoms with E-state index in [0.717, 1.165) is 12.0 Å². The van der Waals surface area contributed by atoms with Crippen LogP contribution < -0.4 is 5.73 Å². The van der Waals surface area contributed by atoms with Crippen LogP contribution in [0.25, 0.3) is 0 Å². The fourth-order valence-corrected chi connectivity index (χ4v) is 2.36. The van der Waals surface area contributed by atoms with Crippen molar-refractivity contribution in [1.82, 2.24) is 4.90 Å². The molecule has 2 atom stereocenters. The van der Waals surface area contributed by atoms with Crippen molar-refractivity contribution in [2.45, 2.75) is 44.6 Å². The number of hydrogen-bond donors (Lipinski definition) is 2. The van der Waals surface area contributed by atoms with E-state index in [-0.39, 0.29) is 18.5 Å². The van der Waals surface area contributed by atoms with Crippen LogP contribution in [0.3, 0.4) is 0 Å². The number of alkyl halides is 3. The SMILES string of the molecule is CC(N)C(=O)N1CCC[C@H]1C(=O)OCc1ccccc1.O=C(O)C(F)(F)F. The Labute approximate surface area is 153 Å². The number of benzene rings is 1. The normalized spacial score (nSPS) is 17.5. The predicted octanol–water partition coefficient (Wildman–Crippen LogP) is 1.70. The molecule has 0 spiro atoms. The van der Waals surface area contributed by atoms with Gasteiger partial charge in [0.15, 0.2) is 0 Å². The van der Waals surface area contributed by atoms with E-state index in [1.165, 1.54) is 4.90 Å². The molecule has 1 aliphatic rings. The Kier molecular flexibility index (Phi) is 8.23. The van der Waals surface area contributed by atoms with Crippen LogP contribution in [0, 0.1) is 0 Å². The average Bonchev–Trinajstić information content (AvgIpc) is 3.09. The fourth-order valence-electron chi connectivity index (χ4n) is 2.36. The van der Waals surface area contributed by atoms with Crippen LogP contribution in [0.1, 0.15) is 25.3 Å². The topological polar surface area (TPSA) is 110 Å². The molecule has 150 valence electrons. The number of halogens is 3. The maximum atomic E-state index is 12.1. The maximum absolute atomic E-state index is 12.1. The third-order valence-corrected chi connectivity index (χ3v) is 3.66. The highest BCUT2D eigenvalue weighted by Gasteiger charge is 2.38. The van der Waals surface area contributed by atoms with Gasteiger partial charge in [0.2, 0.25) is 5.91 Å². The van der Waals surface area contributed by atoms with Gasteiger partial charge in [0.1, 0.15) is 12.6 Å². The minimum atomic E-state index is -5.08. The highest BCUT2D eigenvalue weighted by atomic mass is 19.4. The van der Waals surface area contributed by atoms with Crippen LogP contribution in [-0.2, 0) is 25.7 Å². The number of rotatable bonds is 4. The third kappa shape index (κ3) is 7.26. The number of likely N-dealkylation sites (tertiary alicyclic amines) is 1. The number of nitrogens with two attached hydrogens (primary N) is 1. The van der Waals surface area contributed by atoms with E-state index in [1.807, 2.05) is 30.3 Å². The largest absolute Gasteiger partial charge is 0.490 e. The molecule has 1 aromatic rings. The van der Waals surface area contributed by atoms with E-state index >= 15 is 0 Å². The highest BCUT2D eigenvalue weighted by molar-refractivity contribution is 5.87. The first kappa shape index (κ1) is 22.4. The number of amides is 1. The predicted molar refractivity (Wildman–Crippen MR) is 88.3 cm³/mol. The Hall–Kier alpha value is -2.62. The molecule has 1 heterocycles. The smallest absolute Gasteiger partial charge is 0.475 e. The molecule has 0 radical (unpaired) electrons. The van der Waals surface area contributed by atoms with Crippen molar-refractivity contribution in [2.75, 3.05) is 6.54 Å². The second-order valence-electron chi connectivity index (χ2n) is 5.87. The van der Waals surface area contributed by atoms with Gasteiger partial charge in [0.05, 0.1) is 6.04 Å². The number of esters is 1. The zero-order chi connectivity index (χ0) is 20.6. The molecule has 0 aromatic heterocycles. The molecule has 0 aliphatic carbocycles. The summed E-state index contributed by atoms with van der Waals surface area (Å²) in [5, 5.41) is 7.12. The van der Waals surface area contributed by atoms with E-state index in [0.29, 0.717) is 13.0 Å². The van der Waals surface area contributed by atoms with Crippen LogP contribution in [-0.4, -0.2) is 52.7 Å². The van der Waals surface area contributed by atoms with Gasteiger partial charge in [-0.2, -0.15) is 13.2 Å². The lowest BCUT2D eigenvalue weighted by Crippen LogP contribution is -2.47. The molecule has 7 nitrogen and oxygen atoms in total. The van der Waals surface area contributed by atoms with E-state index in [9.17, 15) is 22.8 Å². The number of hydrogen-bond acceptors (Lipinski definition) is 5. The number of carboxylic acid groups (broad SMARTS) is 1. The number of nitrogens with zero attached hydrogens (tertiary/aromatic N) is 1. The minimum Gasteiger partial charge on any atom is -0.475 e. The summed E-state index contributed by atoms with van der Waals surface area (Å²) >= 11 is 0. The van der Waals surface area contributed by atoms with Crippen LogP contribution in [0.5, 0.6) is 0 Å². The Morgan fingerprint density at radius 1 is 1.30 bits per heavy atom. The Morgan fingerprint density at radius 3 is 2.33 bits per heavy atom. The van der Waals surface area contributed by atoms with Crippen molar-refractivity contribution in [3.8, 4) is 0 Å². The van der Waals surface area contributed by atoms with Gasteiger partial charge in [-0.1, -0.05) is 30.3 Å². The molecule has 1 aromatic carbocycles. The molecule has 27 heavy (non-hydrogen) atoms. The molecule has 0 saturated carbocycles. The lowest BCUT2D eigenvalue weighted by molar-refractivity contribution is -0.192. The summed E-state index contributed by atoms with van der Waals surface area (Å²) < 4.78 is 37.0. The van der Waals surface area contributed by atoms with Crippen LogP contribution in [0.15, 0.2) is 30.3 Å². The van der Waals surface area contributed by atoms with E-state index in [2.05, 4.69) is 0 Å². The summed E-state index contributed by atoms with van der Waals surface area (Å²) in [6, 6.07) is 8.41. The van der Waals surface area contributed by atoms with Gasteiger partial charge in [-0.3, -0.25) is 4.79 Å². The molecule has 0 bridgehead atoms. The zero-order valence-corrected chi connectivity index (χ0v) is 14.6. The second kappa shape index (κ2) is 9.91. The van der Waals surface area contributed by atoms with Gasteiger partial charge in [0, 0.05) is 6.54 Å². The first-order valence-corrected chi connectivity index (χ1v) is 8.10. The quantitative estimate of drug-likeness (QED) is 0.758. The zero-order valence-electron chi connectivity index (χ0n) is 14.6. The van der Waals surface area contributed by atoms with Gasteiger partial charge >= 0.3 is 18.1 Å². The van der Waals surface area contributed by atoms with E-state index in [4.69, 9.17) is 20.4 Å². The fraction of sp³-hybridized carbons (Fsp3) is 0.471. The molecular formula is C17H21F3N2O5. The summed E-state index contributed by atoms with van der Waals surface area (Å²) in [7, 11) is 0. The molecule has 1 saturated heterocycles. The van der Waals surface area contributed by atoms with Crippen molar-refractivity contribution < 1.29 is 37.4 Å². The molecule has 1 aliphatic heterocycles. The lowest BCUT2D eigenvalue weighted by atomic mass is 10.2. The van der Waals surface area contributed by atoms with Crippen molar-refractivity contribution in [2.24, 2.45) is 5.73 Å². The Balaban J connectivity index is 0.000000445. The van der Waals surface area contributed by atoms with Gasteiger partial charge in [-0.25, -0.2) is 9.59 Å². The van der Waals surface area contributed by atoms with Crippen LogP contribution in [0.4, 0.5) is 13.2 Å². The Bertz CT molecular complexity index is 650. The van der Waals surface area contributed by atoms with Crippen molar-refractivity contribution >= 4 is 17.8 Å². The summed E-state index contributed by atoms with van der Waals surface area (Å²) in [5.74, 6) is -3.29. The summed E-state index contributed by atoms with van der Waals surface area (Å²) in [6.45, 7) is 2.44. The lowest BCUT2D eigenvalue weighted by Gasteiger charge is -2.24. The van der Waals surface area contributed by atoms with Gasteiger partial charge < -0.3 is 20.5 Å². The first-order chi connectivity index (χ1) is 12.5. The first-order valence-electron chi connectivity index (χ1n) is 8.10. The van der Waals surface area contributed by atoms with Gasteiger partial charge in [-0.15, -0.1) is 0 Å². The van der Waals surface area contributed by atoms with E-state index in [1.54, 1.807) is 6.92 Å². The van der Waals surface area contributed by atoms with Crippen molar-refractivity contribution in [3.05, 3.63) is 35.9 Å². The molecule has 1 fully saturated rings. The number of ether oxygens (including phenoxy) is 1. The van der Waals surface area contributed by atoms with Gasteiger partial charge in [0.25, 0.3) is 0 Å². The summed E-state index contributed by atoms with van der Waals surface area (Å²) in [6.07, 6.45) is -3.63. The van der Waals surface area contributed by atoms with E-state index < -0.39 is 24.2 Å². The third-order valence-electron chi connectivity index (χ3n) is 3.66. The molecule has 3 N–H and O–H groups in total. The highest BCUT2D eigenvalue weighted by Crippen LogP contribution is 2.20. The number of carbonyl (C=O) groups is 3.